The fourth-order valence-corrected chi connectivity index (χ4v) is 9.67. The highest BCUT2D eigenvalue weighted by molar-refractivity contribution is 6.00. The molecule has 0 heterocycles. The van der Waals surface area contributed by atoms with E-state index in [9.17, 15) is 19.6 Å². The lowest BCUT2D eigenvalue weighted by molar-refractivity contribution is -0.196. The second kappa shape index (κ2) is 8.02. The Kier molecular flexibility index (Phi) is 5.67. The van der Waals surface area contributed by atoms with E-state index in [1.807, 2.05) is 13.0 Å². The summed E-state index contributed by atoms with van der Waals surface area (Å²) in [6.07, 6.45) is 9.21. The summed E-state index contributed by atoms with van der Waals surface area (Å²) in [7, 11) is 0. The Bertz CT molecular complexity index is 1040. The number of Topliss-reactive ketones (excluding diaryl/α,β-unsaturated/α-hetero) is 2. The summed E-state index contributed by atoms with van der Waals surface area (Å²) in [4.78, 5) is 40.1. The number of nitrogens with zero attached hydrogens (tertiary/aromatic N) is 1. The van der Waals surface area contributed by atoms with Crippen molar-refractivity contribution in [2.24, 2.45) is 51.2 Å². The lowest BCUT2D eigenvalue weighted by Gasteiger charge is -2.66. The molecule has 0 radical (unpaired) electrons. The molecule has 35 heavy (non-hydrogen) atoms. The molecule has 7 unspecified atom stereocenters. The molecule has 0 aromatic rings. The van der Waals surface area contributed by atoms with Crippen molar-refractivity contribution in [3.8, 4) is 6.07 Å². The average molecular weight is 480 g/mol. The fourth-order valence-electron chi connectivity index (χ4n) is 9.67. The Labute approximate surface area is 210 Å². The molecule has 5 aliphatic rings. The summed E-state index contributed by atoms with van der Waals surface area (Å²) in [5.74, 6) is 0.693. The Morgan fingerprint density at radius 1 is 1.06 bits per heavy atom. The third-order valence-corrected chi connectivity index (χ3v) is 11.6. The van der Waals surface area contributed by atoms with E-state index in [4.69, 9.17) is 4.74 Å². The molecule has 0 aromatic heterocycles. The first-order chi connectivity index (χ1) is 16.4. The molecule has 0 aliphatic heterocycles. The molecule has 0 spiro atoms. The van der Waals surface area contributed by atoms with Gasteiger partial charge in [0.1, 0.15) is 11.9 Å². The summed E-state index contributed by atoms with van der Waals surface area (Å²) in [5.41, 5.74) is -0.491. The minimum absolute atomic E-state index is 0.0380. The van der Waals surface area contributed by atoms with Crippen LogP contribution < -0.4 is 0 Å². The van der Waals surface area contributed by atoms with Crippen molar-refractivity contribution in [3.05, 3.63) is 11.6 Å². The first-order valence-electron chi connectivity index (χ1n) is 13.8. The third-order valence-electron chi connectivity index (χ3n) is 11.6. The lowest BCUT2D eigenvalue weighted by atomic mass is 9.37. The molecule has 5 aliphatic carbocycles. The van der Waals surface area contributed by atoms with Crippen LogP contribution in [0.15, 0.2) is 11.6 Å². The van der Waals surface area contributed by atoms with Crippen molar-refractivity contribution in [2.45, 2.75) is 92.4 Å². The van der Waals surface area contributed by atoms with E-state index in [2.05, 4.69) is 33.8 Å². The van der Waals surface area contributed by atoms with Gasteiger partial charge in [0.25, 0.3) is 0 Å². The Morgan fingerprint density at radius 3 is 2.49 bits per heavy atom. The SMILES string of the molecule is CCOC(=O)C12CCC3C(C(=O)CC4C3(C)CCC3CC(=O)C(C#N)=C[C@@]34C)C1CC(C)(C)CC2. The Balaban J connectivity index is 1.56. The van der Waals surface area contributed by atoms with E-state index in [-0.39, 0.29) is 63.2 Å². The van der Waals surface area contributed by atoms with Crippen LogP contribution >= 0.6 is 0 Å². The maximum Gasteiger partial charge on any atom is 0.312 e. The van der Waals surface area contributed by atoms with Gasteiger partial charge in [-0.1, -0.05) is 33.8 Å². The standard InChI is InChI=1S/C30H41NO4/c1-6-35-26(34)30-10-8-20-25(21(30)16-27(2,3)11-12-30)23(33)14-24-28(20,4)9-7-19-13-22(32)18(17-31)15-29(19,24)5/h15,19-21,24-25H,6-14,16H2,1-5H3/t19?,20?,21?,24?,25?,28?,29-,30?/m0/s1. The summed E-state index contributed by atoms with van der Waals surface area (Å²) >= 11 is 0. The molecule has 8 atom stereocenters. The van der Waals surface area contributed by atoms with E-state index < -0.39 is 5.41 Å². The topological polar surface area (TPSA) is 84.2 Å². The summed E-state index contributed by atoms with van der Waals surface area (Å²) in [5, 5.41) is 9.62. The van der Waals surface area contributed by atoms with Gasteiger partial charge in [-0.2, -0.15) is 5.26 Å². The van der Waals surface area contributed by atoms with Crippen LogP contribution in [0.2, 0.25) is 0 Å². The van der Waals surface area contributed by atoms with E-state index >= 15 is 0 Å². The van der Waals surface area contributed by atoms with Crippen molar-refractivity contribution in [2.75, 3.05) is 6.61 Å². The van der Waals surface area contributed by atoms with Crippen molar-refractivity contribution < 1.29 is 19.1 Å². The van der Waals surface area contributed by atoms with Gasteiger partial charge < -0.3 is 4.74 Å². The van der Waals surface area contributed by atoms with Gasteiger partial charge in [0, 0.05) is 18.8 Å². The minimum atomic E-state index is -0.530. The molecule has 5 rings (SSSR count). The molecule has 0 saturated heterocycles. The average Bonchev–Trinajstić information content (AvgIpc) is 2.80. The molecule has 0 aromatic carbocycles. The number of ketones is 2. The van der Waals surface area contributed by atoms with Gasteiger partial charge in [-0.3, -0.25) is 14.4 Å². The fraction of sp³-hybridized carbons (Fsp3) is 0.800. The molecule has 4 saturated carbocycles. The number of ether oxygens (including phenoxy) is 1. The zero-order valence-corrected chi connectivity index (χ0v) is 22.1. The van der Waals surface area contributed by atoms with Crippen LogP contribution in [-0.2, 0) is 19.1 Å². The number of rotatable bonds is 2. The number of hydrogen-bond acceptors (Lipinski definition) is 5. The van der Waals surface area contributed by atoms with Crippen molar-refractivity contribution in [3.63, 3.8) is 0 Å². The summed E-state index contributed by atoms with van der Waals surface area (Å²) < 4.78 is 5.66. The number of hydrogen-bond donors (Lipinski definition) is 0. The Morgan fingerprint density at radius 2 is 1.80 bits per heavy atom. The number of esters is 1. The van der Waals surface area contributed by atoms with Crippen molar-refractivity contribution in [1.29, 1.82) is 5.26 Å². The van der Waals surface area contributed by atoms with Crippen LogP contribution in [0.25, 0.3) is 0 Å². The predicted octanol–water partition coefficient (Wildman–Crippen LogP) is 5.82. The number of carbonyl (C=O) groups is 3. The molecule has 0 amide bonds. The highest BCUT2D eigenvalue weighted by atomic mass is 16.5. The maximum atomic E-state index is 14.1. The molecular weight excluding hydrogens is 438 g/mol. The zero-order chi connectivity index (χ0) is 25.4. The lowest BCUT2D eigenvalue weighted by Crippen LogP contribution is -2.64. The van der Waals surface area contributed by atoms with E-state index in [0.29, 0.717) is 25.2 Å². The minimum Gasteiger partial charge on any atom is -0.466 e. The van der Waals surface area contributed by atoms with Gasteiger partial charge in [-0.05, 0) is 91.8 Å². The van der Waals surface area contributed by atoms with Crippen LogP contribution in [0.5, 0.6) is 0 Å². The normalized spacial score (nSPS) is 46.2. The predicted molar refractivity (Wildman–Crippen MR) is 132 cm³/mol. The highest BCUT2D eigenvalue weighted by Crippen LogP contribution is 2.70. The second-order valence-electron chi connectivity index (χ2n) is 13.6. The maximum absolute atomic E-state index is 14.1. The van der Waals surface area contributed by atoms with E-state index in [1.165, 1.54) is 0 Å². The van der Waals surface area contributed by atoms with Crippen LogP contribution in [0.1, 0.15) is 92.4 Å². The molecule has 4 fully saturated rings. The van der Waals surface area contributed by atoms with Gasteiger partial charge >= 0.3 is 5.97 Å². The van der Waals surface area contributed by atoms with Crippen LogP contribution in [0, 0.1) is 62.6 Å². The van der Waals surface area contributed by atoms with Crippen LogP contribution in [-0.4, -0.2) is 24.1 Å². The van der Waals surface area contributed by atoms with E-state index in [1.54, 1.807) is 0 Å². The third kappa shape index (κ3) is 3.41. The van der Waals surface area contributed by atoms with Gasteiger partial charge in [-0.25, -0.2) is 0 Å². The van der Waals surface area contributed by atoms with Gasteiger partial charge in [0.05, 0.1) is 17.6 Å². The van der Waals surface area contributed by atoms with Crippen LogP contribution in [0.3, 0.4) is 0 Å². The van der Waals surface area contributed by atoms with Crippen molar-refractivity contribution in [1.82, 2.24) is 0 Å². The molecule has 5 nitrogen and oxygen atoms in total. The largest absolute Gasteiger partial charge is 0.466 e. The van der Waals surface area contributed by atoms with Gasteiger partial charge in [0.15, 0.2) is 5.78 Å². The quantitative estimate of drug-likeness (QED) is 0.466. The molecule has 0 N–H and O–H groups in total. The number of nitriles is 1. The summed E-state index contributed by atoms with van der Waals surface area (Å²) in [6, 6.07) is 2.14. The summed E-state index contributed by atoms with van der Waals surface area (Å²) in [6.45, 7) is 11.4. The highest BCUT2D eigenvalue weighted by Gasteiger charge is 2.67. The molecule has 5 heteroatoms. The van der Waals surface area contributed by atoms with Gasteiger partial charge in [-0.15, -0.1) is 0 Å². The first kappa shape index (κ1) is 24.7. The van der Waals surface area contributed by atoms with Crippen LogP contribution in [0.4, 0.5) is 0 Å². The van der Waals surface area contributed by atoms with Crippen molar-refractivity contribution >= 4 is 17.5 Å². The number of allylic oxidation sites excluding steroid dienone is 2. The molecular formula is C30H41NO4. The monoisotopic (exact) mass is 479 g/mol. The second-order valence-corrected chi connectivity index (χ2v) is 13.6. The number of fused-ring (bicyclic) bond motifs is 7. The Hall–Kier alpha value is -1.96. The smallest absolute Gasteiger partial charge is 0.312 e. The number of carbonyl (C=O) groups excluding carboxylic acids is 3. The van der Waals surface area contributed by atoms with E-state index in [0.717, 1.165) is 44.9 Å². The van der Waals surface area contributed by atoms with Gasteiger partial charge in [0.2, 0.25) is 0 Å². The first-order valence-corrected chi connectivity index (χ1v) is 13.8. The zero-order valence-electron chi connectivity index (χ0n) is 22.1. The molecule has 190 valence electrons. The molecule has 0 bridgehead atoms.